The summed E-state index contributed by atoms with van der Waals surface area (Å²) >= 11 is 4.08. The van der Waals surface area contributed by atoms with Crippen LogP contribution in [0.1, 0.15) is 19.8 Å². The molecule has 4 atom stereocenters. The first-order valence-electron chi connectivity index (χ1n) is 5.94. The third-order valence-electron chi connectivity index (χ3n) is 3.99. The Morgan fingerprint density at radius 3 is 2.65 bits per heavy atom. The average molecular weight is 250 g/mol. The molecule has 4 unspecified atom stereocenters. The van der Waals surface area contributed by atoms with Crippen LogP contribution in [0.15, 0.2) is 37.1 Å². The number of nitrogens with one attached hydrogen (secondary N) is 2. The van der Waals surface area contributed by atoms with Crippen molar-refractivity contribution >= 4 is 19.0 Å². The zero-order valence-corrected chi connectivity index (χ0v) is 11.3. The molecule has 1 rings (SSSR count). The standard InChI is InChI=1S/C14H22N2S/c1-5-9(2)6-13-10(3)12(8-15)7-14(13)11(4)16-17/h5,8,10,12-17H,1-2,4,6-7H2,3H3. The lowest BCUT2D eigenvalue weighted by atomic mass is 9.83. The van der Waals surface area contributed by atoms with Crippen LogP contribution in [0.25, 0.3) is 0 Å². The number of allylic oxidation sites excluding steroid dienone is 3. The van der Waals surface area contributed by atoms with E-state index in [2.05, 4.69) is 44.2 Å². The zero-order valence-electron chi connectivity index (χ0n) is 10.4. The van der Waals surface area contributed by atoms with Gasteiger partial charge in [0, 0.05) is 11.6 Å². The Labute approximate surface area is 110 Å². The largest absolute Gasteiger partial charge is 0.336 e. The second-order valence-electron chi connectivity index (χ2n) is 4.90. The van der Waals surface area contributed by atoms with Gasteiger partial charge in [0.15, 0.2) is 0 Å². The molecule has 0 spiro atoms. The minimum Gasteiger partial charge on any atom is -0.336 e. The van der Waals surface area contributed by atoms with Crippen molar-refractivity contribution in [3.8, 4) is 0 Å². The second kappa shape index (κ2) is 6.10. The van der Waals surface area contributed by atoms with Gasteiger partial charge in [-0.3, -0.25) is 0 Å². The highest BCUT2D eigenvalue weighted by atomic mass is 32.1. The Hall–Kier alpha value is -0.960. The number of thiol groups is 1. The van der Waals surface area contributed by atoms with Gasteiger partial charge in [0.25, 0.3) is 0 Å². The predicted octanol–water partition coefficient (Wildman–Crippen LogP) is 3.60. The molecule has 0 saturated heterocycles. The summed E-state index contributed by atoms with van der Waals surface area (Å²) in [6, 6.07) is 0. The summed E-state index contributed by atoms with van der Waals surface area (Å²) in [6.07, 6.45) is 5.29. The lowest BCUT2D eigenvalue weighted by Gasteiger charge is -2.24. The van der Waals surface area contributed by atoms with E-state index in [0.29, 0.717) is 23.7 Å². The Kier molecular flexibility index (Phi) is 5.06. The molecule has 0 aromatic carbocycles. The van der Waals surface area contributed by atoms with Gasteiger partial charge in [0.2, 0.25) is 0 Å². The molecule has 1 aliphatic rings. The van der Waals surface area contributed by atoms with E-state index in [-0.39, 0.29) is 0 Å². The smallest absolute Gasteiger partial charge is 0.0170 e. The summed E-state index contributed by atoms with van der Waals surface area (Å²) in [4.78, 5) is 0. The first kappa shape index (κ1) is 14.1. The molecule has 1 fully saturated rings. The quantitative estimate of drug-likeness (QED) is 0.376. The van der Waals surface area contributed by atoms with Crippen molar-refractivity contribution < 1.29 is 0 Å². The van der Waals surface area contributed by atoms with Gasteiger partial charge in [-0.05, 0) is 36.8 Å². The molecule has 0 heterocycles. The molecule has 0 bridgehead atoms. The van der Waals surface area contributed by atoms with E-state index in [0.717, 1.165) is 24.1 Å². The van der Waals surface area contributed by atoms with E-state index in [1.54, 1.807) is 6.21 Å². The van der Waals surface area contributed by atoms with E-state index in [4.69, 9.17) is 5.41 Å². The van der Waals surface area contributed by atoms with Crippen LogP contribution in [0.3, 0.4) is 0 Å². The highest BCUT2D eigenvalue weighted by Gasteiger charge is 2.40. The third kappa shape index (κ3) is 3.03. The normalized spacial score (nSPS) is 31.9. The average Bonchev–Trinajstić information content (AvgIpc) is 2.65. The van der Waals surface area contributed by atoms with E-state index >= 15 is 0 Å². The van der Waals surface area contributed by atoms with Crippen LogP contribution < -0.4 is 4.72 Å². The molecular formula is C14H22N2S. The number of hydrogen-bond acceptors (Lipinski definition) is 3. The van der Waals surface area contributed by atoms with Gasteiger partial charge in [0.1, 0.15) is 0 Å². The highest BCUT2D eigenvalue weighted by molar-refractivity contribution is 7.78. The Morgan fingerprint density at radius 2 is 2.18 bits per heavy atom. The minimum atomic E-state index is 0.334. The number of hydrogen-bond donors (Lipinski definition) is 3. The summed E-state index contributed by atoms with van der Waals surface area (Å²) in [5, 5.41) is 7.50. The van der Waals surface area contributed by atoms with Crippen molar-refractivity contribution in [2.75, 3.05) is 0 Å². The molecule has 0 aliphatic heterocycles. The Bertz CT molecular complexity index is 335. The number of rotatable bonds is 6. The monoisotopic (exact) mass is 250 g/mol. The lowest BCUT2D eigenvalue weighted by molar-refractivity contribution is 0.345. The predicted molar refractivity (Wildman–Crippen MR) is 78.3 cm³/mol. The maximum atomic E-state index is 7.50. The van der Waals surface area contributed by atoms with Crippen molar-refractivity contribution in [3.63, 3.8) is 0 Å². The van der Waals surface area contributed by atoms with Gasteiger partial charge < -0.3 is 10.1 Å². The van der Waals surface area contributed by atoms with Crippen LogP contribution in [0.5, 0.6) is 0 Å². The van der Waals surface area contributed by atoms with E-state index < -0.39 is 0 Å². The Morgan fingerprint density at radius 1 is 1.53 bits per heavy atom. The SMILES string of the molecule is C=CC(=C)CC1C(C(=C)NS)CC(C=N)C1C. The van der Waals surface area contributed by atoms with Crippen LogP contribution >= 0.6 is 12.8 Å². The molecule has 0 amide bonds. The molecule has 0 aromatic rings. The van der Waals surface area contributed by atoms with Gasteiger partial charge in [0.05, 0.1) is 0 Å². The second-order valence-corrected chi connectivity index (χ2v) is 5.12. The zero-order chi connectivity index (χ0) is 13.0. The van der Waals surface area contributed by atoms with Crippen LogP contribution in [-0.4, -0.2) is 6.21 Å². The third-order valence-corrected chi connectivity index (χ3v) is 4.27. The first-order valence-corrected chi connectivity index (χ1v) is 6.39. The van der Waals surface area contributed by atoms with Gasteiger partial charge >= 0.3 is 0 Å². The van der Waals surface area contributed by atoms with Crippen molar-refractivity contribution in [2.45, 2.75) is 19.8 Å². The van der Waals surface area contributed by atoms with E-state index in [9.17, 15) is 0 Å². The fourth-order valence-electron chi connectivity index (χ4n) is 2.78. The fourth-order valence-corrected chi connectivity index (χ4v) is 2.95. The van der Waals surface area contributed by atoms with E-state index in [1.165, 1.54) is 0 Å². The fraction of sp³-hybridized carbons (Fsp3) is 0.500. The van der Waals surface area contributed by atoms with Crippen molar-refractivity contribution in [1.82, 2.24) is 4.72 Å². The maximum absolute atomic E-state index is 7.50. The van der Waals surface area contributed by atoms with Gasteiger partial charge in [-0.25, -0.2) is 0 Å². The lowest BCUT2D eigenvalue weighted by Crippen LogP contribution is -2.20. The van der Waals surface area contributed by atoms with Gasteiger partial charge in [-0.2, -0.15) is 0 Å². The van der Waals surface area contributed by atoms with Crippen molar-refractivity contribution in [1.29, 1.82) is 5.41 Å². The van der Waals surface area contributed by atoms with Crippen LogP contribution in [-0.2, 0) is 0 Å². The summed E-state index contributed by atoms with van der Waals surface area (Å²) in [5.41, 5.74) is 2.01. The molecule has 17 heavy (non-hydrogen) atoms. The molecular weight excluding hydrogens is 228 g/mol. The Balaban J connectivity index is 2.86. The molecule has 0 radical (unpaired) electrons. The molecule has 0 aromatic heterocycles. The maximum Gasteiger partial charge on any atom is 0.0170 e. The van der Waals surface area contributed by atoms with Crippen LogP contribution in [0.4, 0.5) is 0 Å². The molecule has 1 saturated carbocycles. The first-order chi connectivity index (χ1) is 8.04. The minimum absolute atomic E-state index is 0.334. The van der Waals surface area contributed by atoms with Crippen LogP contribution in [0, 0.1) is 29.1 Å². The summed E-state index contributed by atoms with van der Waals surface area (Å²) in [6.45, 7) is 14.0. The van der Waals surface area contributed by atoms with Crippen LogP contribution in [0.2, 0.25) is 0 Å². The molecule has 1 aliphatic carbocycles. The molecule has 94 valence electrons. The highest BCUT2D eigenvalue weighted by Crippen LogP contribution is 2.46. The van der Waals surface area contributed by atoms with E-state index in [1.807, 2.05) is 6.08 Å². The topological polar surface area (TPSA) is 35.9 Å². The molecule has 2 nitrogen and oxygen atoms in total. The summed E-state index contributed by atoms with van der Waals surface area (Å²) in [7, 11) is 0. The van der Waals surface area contributed by atoms with Gasteiger partial charge in [-0.1, -0.05) is 51.1 Å². The molecule has 3 heteroatoms. The summed E-state index contributed by atoms with van der Waals surface area (Å²) < 4.78 is 2.86. The summed E-state index contributed by atoms with van der Waals surface area (Å²) in [5.74, 6) is 1.65. The van der Waals surface area contributed by atoms with Crippen molar-refractivity contribution in [2.24, 2.45) is 23.7 Å². The van der Waals surface area contributed by atoms with Gasteiger partial charge in [-0.15, -0.1) is 0 Å². The molecule has 2 N–H and O–H groups in total. The van der Waals surface area contributed by atoms with Crippen molar-refractivity contribution in [3.05, 3.63) is 37.1 Å².